The van der Waals surface area contributed by atoms with E-state index in [1.165, 1.54) is 38.3 Å². The summed E-state index contributed by atoms with van der Waals surface area (Å²) in [7, 11) is 0. The third-order valence-electron chi connectivity index (χ3n) is 3.27. The lowest BCUT2D eigenvalue weighted by atomic mass is 9.89. The summed E-state index contributed by atoms with van der Waals surface area (Å²) in [4.78, 5) is 4.15. The van der Waals surface area contributed by atoms with Crippen LogP contribution in [0.2, 0.25) is 0 Å². The second-order valence-electron chi connectivity index (χ2n) is 4.64. The molecule has 88 valence electrons. The van der Waals surface area contributed by atoms with Crippen molar-refractivity contribution < 1.29 is 5.11 Å². The molecule has 2 N–H and O–H groups in total. The quantitative estimate of drug-likeness (QED) is 0.819. The highest BCUT2D eigenvalue weighted by Crippen LogP contribution is 2.22. The first-order chi connectivity index (χ1) is 7.84. The predicted octanol–water partition coefficient (Wildman–Crippen LogP) is 2.46. The van der Waals surface area contributed by atoms with Crippen LogP contribution in [-0.4, -0.2) is 16.6 Å². The first kappa shape index (κ1) is 11.4. The van der Waals surface area contributed by atoms with Gasteiger partial charge in [0, 0.05) is 6.54 Å². The Morgan fingerprint density at radius 3 is 2.75 bits per heavy atom. The summed E-state index contributed by atoms with van der Waals surface area (Å²) in [6, 6.07) is 3.55. The zero-order chi connectivity index (χ0) is 11.2. The van der Waals surface area contributed by atoms with Crippen molar-refractivity contribution in [1.29, 1.82) is 0 Å². The SMILES string of the molecule is Oc1ccc(CNCC2CCCCC2)nc1. The van der Waals surface area contributed by atoms with Gasteiger partial charge in [-0.15, -0.1) is 0 Å². The summed E-state index contributed by atoms with van der Waals surface area (Å²) in [6.45, 7) is 1.90. The van der Waals surface area contributed by atoms with Crippen molar-refractivity contribution in [3.8, 4) is 5.75 Å². The van der Waals surface area contributed by atoms with E-state index in [9.17, 15) is 0 Å². The second-order valence-corrected chi connectivity index (χ2v) is 4.64. The number of hydrogen-bond donors (Lipinski definition) is 2. The Morgan fingerprint density at radius 1 is 1.25 bits per heavy atom. The third kappa shape index (κ3) is 3.49. The van der Waals surface area contributed by atoms with E-state index in [1.807, 2.05) is 6.07 Å². The summed E-state index contributed by atoms with van der Waals surface area (Å²) in [6.07, 6.45) is 8.44. The van der Waals surface area contributed by atoms with E-state index < -0.39 is 0 Å². The number of aromatic nitrogens is 1. The van der Waals surface area contributed by atoms with E-state index in [0.717, 1.165) is 24.7 Å². The molecule has 1 aliphatic carbocycles. The minimum absolute atomic E-state index is 0.232. The molecule has 3 nitrogen and oxygen atoms in total. The van der Waals surface area contributed by atoms with Gasteiger partial charge < -0.3 is 10.4 Å². The number of hydrogen-bond acceptors (Lipinski definition) is 3. The molecule has 0 aliphatic heterocycles. The minimum Gasteiger partial charge on any atom is -0.506 e. The molecule has 1 aromatic heterocycles. The molecular formula is C13H20N2O. The molecule has 0 bridgehead atoms. The van der Waals surface area contributed by atoms with Gasteiger partial charge in [0.2, 0.25) is 0 Å². The van der Waals surface area contributed by atoms with Crippen LogP contribution in [0.3, 0.4) is 0 Å². The van der Waals surface area contributed by atoms with E-state index in [-0.39, 0.29) is 5.75 Å². The van der Waals surface area contributed by atoms with E-state index in [0.29, 0.717) is 0 Å². The van der Waals surface area contributed by atoms with Crippen LogP contribution in [0.25, 0.3) is 0 Å². The standard InChI is InChI=1S/C13H20N2O/c16-13-7-6-12(15-10-13)9-14-8-11-4-2-1-3-5-11/h6-7,10-11,14,16H,1-5,8-9H2. The molecule has 0 aromatic carbocycles. The lowest BCUT2D eigenvalue weighted by Crippen LogP contribution is -2.24. The fourth-order valence-electron chi connectivity index (χ4n) is 2.32. The molecular weight excluding hydrogens is 200 g/mol. The Balaban J connectivity index is 1.69. The highest BCUT2D eigenvalue weighted by Gasteiger charge is 2.12. The smallest absolute Gasteiger partial charge is 0.133 e. The van der Waals surface area contributed by atoms with Crippen LogP contribution in [-0.2, 0) is 6.54 Å². The first-order valence-corrected chi connectivity index (χ1v) is 6.19. The van der Waals surface area contributed by atoms with E-state index in [2.05, 4.69) is 10.3 Å². The summed E-state index contributed by atoms with van der Waals surface area (Å²) in [5, 5.41) is 12.5. The summed E-state index contributed by atoms with van der Waals surface area (Å²) in [5.74, 6) is 1.09. The maximum atomic E-state index is 9.10. The summed E-state index contributed by atoms with van der Waals surface area (Å²) >= 11 is 0. The monoisotopic (exact) mass is 220 g/mol. The Morgan fingerprint density at radius 2 is 2.06 bits per heavy atom. The highest BCUT2D eigenvalue weighted by atomic mass is 16.3. The first-order valence-electron chi connectivity index (χ1n) is 6.19. The molecule has 0 radical (unpaired) electrons. The van der Waals surface area contributed by atoms with Gasteiger partial charge >= 0.3 is 0 Å². The van der Waals surface area contributed by atoms with Crippen LogP contribution in [0.4, 0.5) is 0 Å². The van der Waals surface area contributed by atoms with Gasteiger partial charge in [-0.1, -0.05) is 19.3 Å². The van der Waals surface area contributed by atoms with Gasteiger partial charge in [0.1, 0.15) is 5.75 Å². The van der Waals surface area contributed by atoms with E-state index in [4.69, 9.17) is 5.11 Å². The number of nitrogens with zero attached hydrogens (tertiary/aromatic N) is 1. The largest absolute Gasteiger partial charge is 0.506 e. The minimum atomic E-state index is 0.232. The molecule has 16 heavy (non-hydrogen) atoms. The van der Waals surface area contributed by atoms with Crippen LogP contribution in [0, 0.1) is 5.92 Å². The van der Waals surface area contributed by atoms with Gasteiger partial charge in [-0.05, 0) is 37.4 Å². The number of nitrogens with one attached hydrogen (secondary N) is 1. The Bertz CT molecular complexity index is 304. The van der Waals surface area contributed by atoms with Gasteiger partial charge in [-0.3, -0.25) is 4.98 Å². The molecule has 1 heterocycles. The third-order valence-corrected chi connectivity index (χ3v) is 3.27. The van der Waals surface area contributed by atoms with Gasteiger partial charge in [-0.2, -0.15) is 0 Å². The van der Waals surface area contributed by atoms with Crippen molar-refractivity contribution in [2.75, 3.05) is 6.54 Å². The lowest BCUT2D eigenvalue weighted by molar-refractivity contribution is 0.341. The average Bonchev–Trinajstić information content (AvgIpc) is 2.33. The maximum Gasteiger partial charge on any atom is 0.133 e. The Hall–Kier alpha value is -1.09. The molecule has 0 spiro atoms. The summed E-state index contributed by atoms with van der Waals surface area (Å²) < 4.78 is 0. The fraction of sp³-hybridized carbons (Fsp3) is 0.615. The zero-order valence-corrected chi connectivity index (χ0v) is 9.65. The number of aromatic hydroxyl groups is 1. The maximum absolute atomic E-state index is 9.10. The van der Waals surface area contributed by atoms with Crippen molar-refractivity contribution in [3.05, 3.63) is 24.0 Å². The Kier molecular flexibility index (Phi) is 4.17. The van der Waals surface area contributed by atoms with Crippen molar-refractivity contribution in [2.24, 2.45) is 5.92 Å². The van der Waals surface area contributed by atoms with Crippen molar-refractivity contribution in [1.82, 2.24) is 10.3 Å². The number of rotatable bonds is 4. The lowest BCUT2D eigenvalue weighted by Gasteiger charge is -2.21. The van der Waals surface area contributed by atoms with Crippen LogP contribution >= 0.6 is 0 Å². The van der Waals surface area contributed by atoms with Crippen molar-refractivity contribution in [2.45, 2.75) is 38.6 Å². The molecule has 1 aromatic rings. The van der Waals surface area contributed by atoms with Crippen LogP contribution in [0.1, 0.15) is 37.8 Å². The van der Waals surface area contributed by atoms with Gasteiger partial charge in [0.25, 0.3) is 0 Å². The van der Waals surface area contributed by atoms with E-state index in [1.54, 1.807) is 6.07 Å². The molecule has 0 amide bonds. The zero-order valence-electron chi connectivity index (χ0n) is 9.65. The predicted molar refractivity (Wildman–Crippen MR) is 64.2 cm³/mol. The summed E-state index contributed by atoms with van der Waals surface area (Å²) in [5.41, 5.74) is 0.994. The van der Waals surface area contributed by atoms with E-state index >= 15 is 0 Å². The highest BCUT2D eigenvalue weighted by molar-refractivity contribution is 5.17. The fourth-order valence-corrected chi connectivity index (χ4v) is 2.32. The van der Waals surface area contributed by atoms with Crippen molar-refractivity contribution in [3.63, 3.8) is 0 Å². The van der Waals surface area contributed by atoms with Gasteiger partial charge in [-0.25, -0.2) is 0 Å². The molecule has 0 unspecified atom stereocenters. The van der Waals surface area contributed by atoms with Gasteiger partial charge in [0.15, 0.2) is 0 Å². The normalized spacial score (nSPS) is 17.5. The van der Waals surface area contributed by atoms with Crippen LogP contribution in [0.15, 0.2) is 18.3 Å². The number of pyridine rings is 1. The van der Waals surface area contributed by atoms with Crippen LogP contribution < -0.4 is 5.32 Å². The molecule has 0 atom stereocenters. The Labute approximate surface area is 96.9 Å². The molecule has 1 aliphatic rings. The average molecular weight is 220 g/mol. The van der Waals surface area contributed by atoms with Crippen molar-refractivity contribution >= 4 is 0 Å². The van der Waals surface area contributed by atoms with Gasteiger partial charge in [0.05, 0.1) is 11.9 Å². The van der Waals surface area contributed by atoms with Crippen LogP contribution in [0.5, 0.6) is 5.75 Å². The topological polar surface area (TPSA) is 45.1 Å². The molecule has 3 heteroatoms. The molecule has 1 fully saturated rings. The molecule has 2 rings (SSSR count). The molecule has 0 saturated heterocycles. The second kappa shape index (κ2) is 5.85. The molecule has 1 saturated carbocycles.